The molecule has 37 heavy (non-hydrogen) atoms. The summed E-state index contributed by atoms with van der Waals surface area (Å²) >= 11 is 6.37. The van der Waals surface area contributed by atoms with E-state index in [0.717, 1.165) is 0 Å². The summed E-state index contributed by atoms with van der Waals surface area (Å²) < 4.78 is 50.1. The van der Waals surface area contributed by atoms with E-state index in [9.17, 15) is 18.0 Å². The van der Waals surface area contributed by atoms with Crippen LogP contribution in [0.1, 0.15) is 25.7 Å². The Hall–Kier alpha value is -3.21. The standard InChI is InChI=1S/C25H26ClF3N6O2/c1-34-18-5-4-15(31-22-17(26)11-30-24(33-22)35-8-6-14(27)7-9-35)10-16(18)19-20(23(34)36)37-12-25(28,29)21(32-19)13-2-3-13/h4-5,10-11,13-14,21,32H,2-3,6-9,12H2,1H3,(H,30,31,33)/t21-/m0/s1. The van der Waals surface area contributed by atoms with Gasteiger partial charge < -0.3 is 24.8 Å². The number of hydrogen-bond donors (Lipinski definition) is 2. The molecule has 2 aliphatic heterocycles. The van der Waals surface area contributed by atoms with Crippen LogP contribution < -0.4 is 25.8 Å². The van der Waals surface area contributed by atoms with Crippen LogP contribution >= 0.6 is 11.6 Å². The topological polar surface area (TPSA) is 84.3 Å². The Bertz CT molecular complexity index is 1420. The minimum absolute atomic E-state index is 0.117. The highest BCUT2D eigenvalue weighted by Crippen LogP contribution is 2.45. The molecule has 2 aromatic heterocycles. The van der Waals surface area contributed by atoms with Crippen LogP contribution in [0, 0.1) is 5.92 Å². The lowest BCUT2D eigenvalue weighted by Gasteiger charge is -2.28. The number of rotatable bonds is 4. The van der Waals surface area contributed by atoms with Crippen molar-refractivity contribution in [2.75, 3.05) is 35.2 Å². The maximum absolute atomic E-state index is 14.9. The van der Waals surface area contributed by atoms with E-state index < -0.39 is 30.3 Å². The molecule has 12 heteroatoms. The summed E-state index contributed by atoms with van der Waals surface area (Å²) in [5, 5.41) is 7.01. The molecule has 2 N–H and O–H groups in total. The average molecular weight is 535 g/mol. The number of hydrogen-bond acceptors (Lipinski definition) is 7. The van der Waals surface area contributed by atoms with Crippen molar-refractivity contribution in [3.8, 4) is 5.75 Å². The number of nitrogens with zero attached hydrogens (tertiary/aromatic N) is 4. The molecule has 4 heterocycles. The third-order valence-electron chi connectivity index (χ3n) is 7.31. The highest BCUT2D eigenvalue weighted by atomic mass is 35.5. The number of aryl methyl sites for hydroxylation is 1. The zero-order valence-corrected chi connectivity index (χ0v) is 20.9. The fraction of sp³-hybridized carbons (Fsp3) is 0.480. The van der Waals surface area contributed by atoms with E-state index >= 15 is 0 Å². The van der Waals surface area contributed by atoms with Crippen molar-refractivity contribution in [3.63, 3.8) is 0 Å². The first-order valence-corrected chi connectivity index (χ1v) is 12.7. The maximum Gasteiger partial charge on any atom is 0.301 e. The summed E-state index contributed by atoms with van der Waals surface area (Å²) in [6, 6.07) is 4.13. The van der Waals surface area contributed by atoms with Crippen LogP contribution in [0.3, 0.4) is 0 Å². The van der Waals surface area contributed by atoms with Crippen molar-refractivity contribution < 1.29 is 17.9 Å². The molecule has 1 saturated heterocycles. The van der Waals surface area contributed by atoms with Crippen LogP contribution in [0.4, 0.5) is 36.3 Å². The first kappa shape index (κ1) is 24.1. The third kappa shape index (κ3) is 4.43. The van der Waals surface area contributed by atoms with Crippen molar-refractivity contribution in [2.24, 2.45) is 13.0 Å². The second-order valence-corrected chi connectivity index (χ2v) is 10.4. The summed E-state index contributed by atoms with van der Waals surface area (Å²) in [4.78, 5) is 23.7. The third-order valence-corrected chi connectivity index (χ3v) is 7.59. The SMILES string of the molecule is Cn1c(=O)c2c(c3cc(Nc4nc(N5CCC(F)CC5)ncc4Cl)ccc31)N[C@@H](C1CC1)C(F)(F)CO2. The molecule has 3 aliphatic rings. The van der Waals surface area contributed by atoms with Gasteiger partial charge in [-0.1, -0.05) is 11.6 Å². The van der Waals surface area contributed by atoms with Gasteiger partial charge in [0, 0.05) is 31.2 Å². The number of benzene rings is 1. The molecule has 1 saturated carbocycles. The minimum atomic E-state index is -3.12. The van der Waals surface area contributed by atoms with E-state index in [1.54, 1.807) is 25.2 Å². The molecule has 1 aliphatic carbocycles. The Kier molecular flexibility index (Phi) is 5.85. The summed E-state index contributed by atoms with van der Waals surface area (Å²) in [5.41, 5.74) is 0.930. The molecule has 2 fully saturated rings. The highest BCUT2D eigenvalue weighted by Gasteiger charge is 2.51. The molecule has 0 radical (unpaired) electrons. The Morgan fingerprint density at radius 2 is 1.97 bits per heavy atom. The van der Waals surface area contributed by atoms with Crippen molar-refractivity contribution >= 4 is 45.6 Å². The minimum Gasteiger partial charge on any atom is -0.480 e. The van der Waals surface area contributed by atoms with Crippen LogP contribution in [-0.2, 0) is 7.05 Å². The number of alkyl halides is 3. The molecule has 3 aromatic rings. The fourth-order valence-corrected chi connectivity index (χ4v) is 5.21. The van der Waals surface area contributed by atoms with Crippen molar-refractivity contribution in [3.05, 3.63) is 39.8 Å². The fourth-order valence-electron chi connectivity index (χ4n) is 5.07. The van der Waals surface area contributed by atoms with Gasteiger partial charge in [0.05, 0.1) is 23.4 Å². The van der Waals surface area contributed by atoms with Crippen LogP contribution in [-0.4, -0.2) is 52.4 Å². The Balaban J connectivity index is 1.38. The molecule has 0 bridgehead atoms. The van der Waals surface area contributed by atoms with Gasteiger partial charge in [-0.3, -0.25) is 4.79 Å². The van der Waals surface area contributed by atoms with E-state index in [1.165, 1.54) is 10.8 Å². The number of ether oxygens (including phenoxy) is 1. The zero-order chi connectivity index (χ0) is 25.9. The number of fused-ring (bicyclic) bond motifs is 3. The molecule has 0 unspecified atom stereocenters. The molecule has 8 nitrogen and oxygen atoms in total. The Labute approximate surface area is 215 Å². The van der Waals surface area contributed by atoms with E-state index in [2.05, 4.69) is 20.6 Å². The van der Waals surface area contributed by atoms with Gasteiger partial charge in [0.2, 0.25) is 11.7 Å². The summed E-state index contributed by atoms with van der Waals surface area (Å²) in [5.74, 6) is -2.61. The largest absolute Gasteiger partial charge is 0.480 e. The smallest absolute Gasteiger partial charge is 0.301 e. The van der Waals surface area contributed by atoms with Gasteiger partial charge in [-0.05, 0) is 49.8 Å². The highest BCUT2D eigenvalue weighted by molar-refractivity contribution is 6.32. The lowest BCUT2D eigenvalue weighted by atomic mass is 10.0. The summed E-state index contributed by atoms with van der Waals surface area (Å²) in [6.07, 6.45) is 2.91. The maximum atomic E-state index is 14.9. The normalized spacial score (nSPS) is 21.6. The Morgan fingerprint density at radius 1 is 1.22 bits per heavy atom. The van der Waals surface area contributed by atoms with Gasteiger partial charge in [0.15, 0.2) is 12.4 Å². The first-order chi connectivity index (χ1) is 17.7. The molecule has 6 rings (SSSR count). The second kappa shape index (κ2) is 8.97. The van der Waals surface area contributed by atoms with Gasteiger partial charge in [0.1, 0.15) is 11.2 Å². The first-order valence-electron chi connectivity index (χ1n) is 12.3. The molecule has 0 spiro atoms. The Morgan fingerprint density at radius 3 is 2.70 bits per heavy atom. The quantitative estimate of drug-likeness (QED) is 0.493. The number of nitrogens with one attached hydrogen (secondary N) is 2. The molecular weight excluding hydrogens is 509 g/mol. The number of halogens is 4. The lowest BCUT2D eigenvalue weighted by Crippen LogP contribution is -2.44. The molecule has 0 amide bonds. The van der Waals surface area contributed by atoms with Crippen LogP contribution in [0.2, 0.25) is 5.02 Å². The van der Waals surface area contributed by atoms with Crippen molar-refractivity contribution in [2.45, 2.75) is 43.8 Å². The van der Waals surface area contributed by atoms with Crippen molar-refractivity contribution in [1.82, 2.24) is 14.5 Å². The molecule has 196 valence electrons. The number of anilines is 4. The van der Waals surface area contributed by atoms with Crippen molar-refractivity contribution in [1.29, 1.82) is 0 Å². The van der Waals surface area contributed by atoms with E-state index in [0.29, 0.717) is 72.2 Å². The molecule has 1 atom stereocenters. The summed E-state index contributed by atoms with van der Waals surface area (Å²) in [6.45, 7) is 0.166. The van der Waals surface area contributed by atoms with E-state index in [4.69, 9.17) is 16.3 Å². The second-order valence-electron chi connectivity index (χ2n) is 9.96. The average Bonchev–Trinajstić information content (AvgIpc) is 3.72. The van der Waals surface area contributed by atoms with E-state index in [1.807, 2.05) is 4.90 Å². The van der Waals surface area contributed by atoms with Crippen LogP contribution in [0.5, 0.6) is 5.75 Å². The molecule has 1 aromatic carbocycles. The van der Waals surface area contributed by atoms with E-state index in [-0.39, 0.29) is 17.4 Å². The number of piperidine rings is 1. The van der Waals surface area contributed by atoms with Crippen LogP contribution in [0.25, 0.3) is 10.9 Å². The van der Waals surface area contributed by atoms with Gasteiger partial charge in [-0.2, -0.15) is 4.98 Å². The zero-order valence-electron chi connectivity index (χ0n) is 20.1. The van der Waals surface area contributed by atoms with Crippen LogP contribution in [0.15, 0.2) is 29.2 Å². The predicted octanol–water partition coefficient (Wildman–Crippen LogP) is 4.88. The molecular formula is C25H26ClF3N6O2. The van der Waals surface area contributed by atoms with Gasteiger partial charge in [-0.15, -0.1) is 0 Å². The predicted molar refractivity (Wildman–Crippen MR) is 136 cm³/mol. The van der Waals surface area contributed by atoms with Gasteiger partial charge >= 0.3 is 5.92 Å². The number of pyridine rings is 1. The summed E-state index contributed by atoms with van der Waals surface area (Å²) in [7, 11) is 1.58. The lowest BCUT2D eigenvalue weighted by molar-refractivity contribution is -0.0579. The monoisotopic (exact) mass is 534 g/mol. The number of aromatic nitrogens is 3. The van der Waals surface area contributed by atoms with Gasteiger partial charge in [0.25, 0.3) is 5.56 Å². The van der Waals surface area contributed by atoms with Gasteiger partial charge in [-0.25, -0.2) is 18.2 Å².